The van der Waals surface area contributed by atoms with E-state index in [1.54, 1.807) is 7.11 Å². The molecule has 3 aliphatic rings. The smallest absolute Gasteiger partial charge is 0.306 e. The summed E-state index contributed by atoms with van der Waals surface area (Å²) < 4.78 is 35.7. The first-order chi connectivity index (χ1) is 23.4. The molecule has 13 heteroatoms. The van der Waals surface area contributed by atoms with E-state index < -0.39 is 6.10 Å². The molecule has 4 rings (SSSR count). The van der Waals surface area contributed by atoms with Crippen molar-refractivity contribution in [1.82, 2.24) is 15.6 Å². The summed E-state index contributed by atoms with van der Waals surface area (Å²) in [4.78, 5) is 20.0. The van der Waals surface area contributed by atoms with Crippen LogP contribution in [0.3, 0.4) is 0 Å². The van der Waals surface area contributed by atoms with Gasteiger partial charge in [-0.15, -0.1) is 0 Å². The van der Waals surface area contributed by atoms with Gasteiger partial charge in [0.05, 0.1) is 50.6 Å². The second-order valence-corrected chi connectivity index (χ2v) is 13.3. The lowest BCUT2D eigenvalue weighted by Crippen LogP contribution is -2.55. The van der Waals surface area contributed by atoms with E-state index in [4.69, 9.17) is 38.8 Å². The number of methoxy groups -OCH3 is 1. The van der Waals surface area contributed by atoms with Crippen molar-refractivity contribution in [2.45, 2.75) is 89.3 Å². The van der Waals surface area contributed by atoms with Crippen LogP contribution in [-0.4, -0.2) is 131 Å². The molecule has 7 unspecified atom stereocenters. The van der Waals surface area contributed by atoms with E-state index in [0.717, 1.165) is 63.1 Å². The summed E-state index contributed by atoms with van der Waals surface area (Å²) in [7, 11) is 1.75. The number of ether oxygens (including phenoxy) is 6. The van der Waals surface area contributed by atoms with Crippen LogP contribution in [0.4, 0.5) is 0 Å². The highest BCUT2D eigenvalue weighted by Gasteiger charge is 2.40. The van der Waals surface area contributed by atoms with Crippen LogP contribution in [0.1, 0.15) is 69.4 Å². The Hall–Kier alpha value is -1.75. The maximum absolute atomic E-state index is 12.9. The Morgan fingerprint density at radius 1 is 1.08 bits per heavy atom. The number of nitrogens with one attached hydrogen (secondary N) is 1. The highest BCUT2D eigenvalue weighted by Crippen LogP contribution is 2.35. The van der Waals surface area contributed by atoms with Crippen LogP contribution < -0.4 is 5.32 Å². The fraction of sp³-hybridized carbons (Fsp3) is 0.800. The summed E-state index contributed by atoms with van der Waals surface area (Å²) in [5.74, 6) is 0.222. The average Bonchev–Trinajstić information content (AvgIpc) is 3.09. The van der Waals surface area contributed by atoms with E-state index in [9.17, 15) is 4.79 Å². The van der Waals surface area contributed by atoms with E-state index in [1.165, 1.54) is 0 Å². The summed E-state index contributed by atoms with van der Waals surface area (Å²) in [5, 5.41) is 20.6. The summed E-state index contributed by atoms with van der Waals surface area (Å²) in [6.07, 6.45) is 4.21. The maximum atomic E-state index is 12.9. The van der Waals surface area contributed by atoms with Gasteiger partial charge < -0.3 is 33.7 Å². The lowest BCUT2D eigenvalue weighted by Gasteiger charge is -2.46. The van der Waals surface area contributed by atoms with Crippen molar-refractivity contribution in [1.29, 1.82) is 0 Å². The van der Waals surface area contributed by atoms with Crippen LogP contribution in [0.25, 0.3) is 0 Å². The fourth-order valence-electron chi connectivity index (χ4n) is 7.11. The van der Waals surface area contributed by atoms with Gasteiger partial charge >= 0.3 is 5.97 Å². The Balaban J connectivity index is 1.38. The van der Waals surface area contributed by atoms with Gasteiger partial charge in [0, 0.05) is 77.4 Å². The van der Waals surface area contributed by atoms with Gasteiger partial charge in [-0.1, -0.05) is 31.2 Å². The zero-order chi connectivity index (χ0) is 34.1. The van der Waals surface area contributed by atoms with Crippen LogP contribution in [-0.2, 0) is 44.7 Å². The van der Waals surface area contributed by atoms with Crippen LogP contribution in [0.5, 0.6) is 0 Å². The molecule has 274 valence electrons. The molecule has 0 amide bonds. The number of rotatable bonds is 21. The number of nitrogens with zero attached hydrogens (tertiary/aromatic N) is 2. The zero-order valence-corrected chi connectivity index (χ0v) is 29.1. The summed E-state index contributed by atoms with van der Waals surface area (Å²) >= 11 is 0. The van der Waals surface area contributed by atoms with Crippen molar-refractivity contribution in [3.05, 3.63) is 35.4 Å². The molecule has 13 nitrogen and oxygen atoms in total. The molecule has 0 radical (unpaired) electrons. The Bertz CT molecular complexity index is 1030. The minimum absolute atomic E-state index is 0.0216. The number of morpholine rings is 1. The minimum atomic E-state index is -0.426. The van der Waals surface area contributed by atoms with Crippen molar-refractivity contribution >= 4 is 5.97 Å². The van der Waals surface area contributed by atoms with Gasteiger partial charge in [-0.2, -0.15) is 0 Å². The third kappa shape index (κ3) is 12.9. The van der Waals surface area contributed by atoms with E-state index >= 15 is 0 Å². The highest BCUT2D eigenvalue weighted by atomic mass is 17.1. The number of benzene rings is 1. The van der Waals surface area contributed by atoms with Crippen LogP contribution in [0.15, 0.2) is 24.3 Å². The number of carbonyl (C=O) groups is 1. The predicted octanol–water partition coefficient (Wildman–Crippen LogP) is 3.56. The summed E-state index contributed by atoms with van der Waals surface area (Å²) in [5.41, 5.74) is 2.13. The first-order valence-electron chi connectivity index (χ1n) is 17.8. The van der Waals surface area contributed by atoms with Crippen molar-refractivity contribution in [3.8, 4) is 0 Å². The first-order valence-corrected chi connectivity index (χ1v) is 17.8. The zero-order valence-electron chi connectivity index (χ0n) is 29.1. The molecule has 2 aliphatic heterocycles. The number of esters is 1. The predicted molar refractivity (Wildman–Crippen MR) is 177 cm³/mol. The largest absolute Gasteiger partial charge is 0.460 e. The number of piperidine rings is 1. The topological polar surface area (TPSA) is 141 Å². The molecule has 2 saturated heterocycles. The average molecular weight is 682 g/mol. The molecule has 0 aromatic heterocycles. The maximum Gasteiger partial charge on any atom is 0.306 e. The molecule has 3 N–H and O–H groups in total. The molecular weight excluding hydrogens is 622 g/mol. The first kappa shape index (κ1) is 39.0. The van der Waals surface area contributed by atoms with Crippen molar-refractivity contribution in [2.24, 2.45) is 11.8 Å². The number of carbonyl (C=O) groups excluding carboxylic acids is 1. The van der Waals surface area contributed by atoms with Crippen molar-refractivity contribution < 1.29 is 48.5 Å². The summed E-state index contributed by atoms with van der Waals surface area (Å²) in [6.45, 7) is 12.0. The number of fused-ring (bicyclic) bond motifs is 1. The molecule has 3 fully saturated rings. The lowest BCUT2D eigenvalue weighted by molar-refractivity contribution is -0.492. The van der Waals surface area contributed by atoms with Gasteiger partial charge in [0.15, 0.2) is 0 Å². The Kier molecular flexibility index (Phi) is 17.5. The van der Waals surface area contributed by atoms with E-state index in [2.05, 4.69) is 46.2 Å². The van der Waals surface area contributed by atoms with Crippen molar-refractivity contribution in [2.75, 3.05) is 79.5 Å². The Morgan fingerprint density at radius 3 is 2.65 bits per heavy atom. The van der Waals surface area contributed by atoms with Gasteiger partial charge in [-0.25, -0.2) is 0 Å². The molecule has 1 aromatic rings. The molecule has 7 atom stereocenters. The molecule has 0 spiro atoms. The lowest BCUT2D eigenvalue weighted by atomic mass is 9.82. The van der Waals surface area contributed by atoms with Gasteiger partial charge in [0.1, 0.15) is 6.10 Å². The minimum Gasteiger partial charge on any atom is -0.460 e. The number of hydrogen-bond donors (Lipinski definition) is 3. The molecular formula is C35H59N3O10. The highest BCUT2D eigenvalue weighted by molar-refractivity contribution is 5.69. The normalized spacial score (nSPS) is 27.1. The summed E-state index contributed by atoms with van der Waals surface area (Å²) in [6, 6.07) is 8.76. The quantitative estimate of drug-likeness (QED) is 0.0991. The second-order valence-electron chi connectivity index (χ2n) is 13.3. The standard InChI is InChI=1S/C35H59N3O10/c1-4-43-22-26(2)23-44-24-27-8-11-29(12-9-27)35-32(20-36-21-33(35)48-34(39)7-5-17-47-38(40)41)46-25-28-10-13-31-30(19-28)37(15-18-45-31)14-6-16-42-3/h8-9,11-12,26,28,30-33,35-36,40-41H,4-7,10,13-25H2,1-3H3. The molecule has 48 heavy (non-hydrogen) atoms. The SMILES string of the molecule is CCOCC(C)COCc1ccc(C2C(OCC3CCC4OCCN(CCCOC)C4C3)CNCC2OC(=O)CCCON(O)O)cc1. The van der Waals surface area contributed by atoms with E-state index in [0.29, 0.717) is 64.0 Å². The second kappa shape index (κ2) is 21.5. The van der Waals surface area contributed by atoms with Crippen molar-refractivity contribution in [3.63, 3.8) is 0 Å². The molecule has 0 bridgehead atoms. The van der Waals surface area contributed by atoms with Gasteiger partial charge in [0.2, 0.25) is 0 Å². The van der Waals surface area contributed by atoms with E-state index in [1.807, 2.05) is 6.92 Å². The van der Waals surface area contributed by atoms with Crippen LogP contribution in [0.2, 0.25) is 0 Å². The van der Waals surface area contributed by atoms with Gasteiger partial charge in [-0.05, 0) is 56.1 Å². The van der Waals surface area contributed by atoms with Gasteiger partial charge in [0.25, 0.3) is 0 Å². The van der Waals surface area contributed by atoms with Crippen LogP contribution in [0, 0.1) is 11.8 Å². The molecule has 1 saturated carbocycles. The third-order valence-electron chi connectivity index (χ3n) is 9.53. The fourth-order valence-corrected chi connectivity index (χ4v) is 7.11. The van der Waals surface area contributed by atoms with Crippen LogP contribution >= 0.6 is 0 Å². The number of hydrogen-bond acceptors (Lipinski definition) is 13. The molecule has 2 heterocycles. The monoisotopic (exact) mass is 681 g/mol. The Labute approximate surface area is 285 Å². The van der Waals surface area contributed by atoms with E-state index in [-0.39, 0.29) is 48.9 Å². The van der Waals surface area contributed by atoms with Gasteiger partial charge in [-0.3, -0.25) is 24.9 Å². The third-order valence-corrected chi connectivity index (χ3v) is 9.53. The molecule has 1 aliphatic carbocycles. The molecule has 1 aromatic carbocycles. The Morgan fingerprint density at radius 2 is 1.88 bits per heavy atom.